The van der Waals surface area contributed by atoms with Crippen LogP contribution in [0.4, 0.5) is 8.78 Å². The second kappa shape index (κ2) is 8.12. The molecule has 0 aliphatic rings. The van der Waals surface area contributed by atoms with Crippen molar-refractivity contribution in [3.63, 3.8) is 0 Å². The van der Waals surface area contributed by atoms with Gasteiger partial charge in [-0.05, 0) is 31.0 Å². The number of aryl methyl sites for hydroxylation is 1. The van der Waals surface area contributed by atoms with Crippen molar-refractivity contribution in [2.75, 3.05) is 6.67 Å². The van der Waals surface area contributed by atoms with Crippen molar-refractivity contribution in [2.24, 2.45) is 0 Å². The number of alkyl halides is 1. The van der Waals surface area contributed by atoms with Gasteiger partial charge < -0.3 is 4.74 Å². The van der Waals surface area contributed by atoms with E-state index in [1.807, 2.05) is 6.92 Å². The van der Waals surface area contributed by atoms with E-state index in [-0.39, 0.29) is 17.1 Å². The average Bonchev–Trinajstić information content (AvgIpc) is 3.07. The molecule has 2 aromatic heterocycles. The lowest BCUT2D eigenvalue weighted by molar-refractivity contribution is 0.0233. The highest BCUT2D eigenvalue weighted by Gasteiger charge is 2.22. The van der Waals surface area contributed by atoms with Gasteiger partial charge in [-0.2, -0.15) is 5.10 Å². The van der Waals surface area contributed by atoms with Crippen LogP contribution in [0.5, 0.6) is 0 Å². The maximum Gasteiger partial charge on any atom is 0.342 e. The Morgan fingerprint density at radius 3 is 2.68 bits per heavy atom. The summed E-state index contributed by atoms with van der Waals surface area (Å²) in [5.74, 6) is -1.09. The number of rotatable bonds is 6. The number of aromatic amines is 1. The normalized spacial score (nSPS) is 12.0. The van der Waals surface area contributed by atoms with Crippen molar-refractivity contribution in [1.82, 2.24) is 19.7 Å². The summed E-state index contributed by atoms with van der Waals surface area (Å²) in [5, 5.41) is 4.08. The van der Waals surface area contributed by atoms with E-state index < -0.39 is 24.6 Å². The molecule has 0 amide bonds. The van der Waals surface area contributed by atoms with Crippen molar-refractivity contribution in [3.05, 3.63) is 75.2 Å². The molecule has 9 heteroatoms. The van der Waals surface area contributed by atoms with E-state index in [1.54, 1.807) is 6.92 Å². The quantitative estimate of drug-likeness (QED) is 0.656. The molecule has 146 valence electrons. The molecular formula is C19H18F2N4O3. The minimum atomic E-state index is -1.17. The standard InChI is InChI=1S/C19H18F2N4O3/c1-3-14-8-17(26)24-19(23-14)25-11(2)15(10-22-25)18(27)28-16(9-20)12-4-6-13(21)7-5-12/h4-8,10,16H,3,9H2,1-2H3,(H,23,24,26). The minimum Gasteiger partial charge on any atom is -0.451 e. The zero-order valence-corrected chi connectivity index (χ0v) is 15.3. The molecule has 1 aromatic carbocycles. The number of benzene rings is 1. The summed E-state index contributed by atoms with van der Waals surface area (Å²) >= 11 is 0. The number of H-pyrrole nitrogens is 1. The number of nitrogens with one attached hydrogen (secondary N) is 1. The molecule has 28 heavy (non-hydrogen) atoms. The molecule has 0 fully saturated rings. The van der Waals surface area contributed by atoms with Gasteiger partial charge in [0.25, 0.3) is 5.56 Å². The SMILES string of the molecule is CCc1cc(=O)[nH]c(-n2ncc(C(=O)OC(CF)c3ccc(F)cc3)c2C)n1. The molecule has 0 bridgehead atoms. The zero-order valence-electron chi connectivity index (χ0n) is 15.3. The first-order chi connectivity index (χ1) is 13.4. The molecule has 0 spiro atoms. The number of ether oxygens (including phenoxy) is 1. The zero-order chi connectivity index (χ0) is 20.3. The molecule has 0 saturated heterocycles. The van der Waals surface area contributed by atoms with E-state index in [0.29, 0.717) is 23.4 Å². The average molecular weight is 388 g/mol. The molecule has 0 aliphatic carbocycles. The van der Waals surface area contributed by atoms with E-state index in [9.17, 15) is 18.4 Å². The summed E-state index contributed by atoms with van der Waals surface area (Å²) in [6.07, 6.45) is 0.648. The molecule has 1 atom stereocenters. The summed E-state index contributed by atoms with van der Waals surface area (Å²) in [4.78, 5) is 31.1. The highest BCUT2D eigenvalue weighted by molar-refractivity contribution is 5.90. The van der Waals surface area contributed by atoms with Gasteiger partial charge in [0, 0.05) is 11.8 Å². The third-order valence-electron chi connectivity index (χ3n) is 4.21. The van der Waals surface area contributed by atoms with Crippen LogP contribution in [0, 0.1) is 12.7 Å². The maximum absolute atomic E-state index is 13.4. The summed E-state index contributed by atoms with van der Waals surface area (Å²) < 4.78 is 32.9. The largest absolute Gasteiger partial charge is 0.451 e. The monoisotopic (exact) mass is 388 g/mol. The molecule has 7 nitrogen and oxygen atoms in total. The molecule has 0 aliphatic heterocycles. The summed E-state index contributed by atoms with van der Waals surface area (Å²) in [7, 11) is 0. The molecule has 3 rings (SSSR count). The fraction of sp³-hybridized carbons (Fsp3) is 0.263. The molecule has 0 radical (unpaired) electrons. The maximum atomic E-state index is 13.4. The molecule has 1 N–H and O–H groups in total. The Labute approximate surface area is 159 Å². The number of esters is 1. The Morgan fingerprint density at radius 1 is 1.32 bits per heavy atom. The van der Waals surface area contributed by atoms with Gasteiger partial charge in [-0.25, -0.2) is 23.2 Å². The van der Waals surface area contributed by atoms with Crippen LogP contribution in [0.1, 0.15) is 40.3 Å². The lowest BCUT2D eigenvalue weighted by Gasteiger charge is -2.15. The molecule has 0 saturated carbocycles. The van der Waals surface area contributed by atoms with Gasteiger partial charge in [-0.15, -0.1) is 0 Å². The van der Waals surface area contributed by atoms with Gasteiger partial charge in [0.2, 0.25) is 5.95 Å². The number of nitrogens with zero attached hydrogens (tertiary/aromatic N) is 3. The lowest BCUT2D eigenvalue weighted by atomic mass is 10.1. The molecule has 1 unspecified atom stereocenters. The number of hydrogen-bond donors (Lipinski definition) is 1. The Morgan fingerprint density at radius 2 is 2.04 bits per heavy atom. The van der Waals surface area contributed by atoms with Crippen molar-refractivity contribution in [3.8, 4) is 5.95 Å². The van der Waals surface area contributed by atoms with Crippen LogP contribution in [0.2, 0.25) is 0 Å². The van der Waals surface area contributed by atoms with Crippen molar-refractivity contribution in [2.45, 2.75) is 26.4 Å². The van der Waals surface area contributed by atoms with Gasteiger partial charge in [0.1, 0.15) is 18.1 Å². The van der Waals surface area contributed by atoms with Crippen molar-refractivity contribution >= 4 is 5.97 Å². The first kappa shape index (κ1) is 19.4. The topological polar surface area (TPSA) is 89.9 Å². The molecule has 2 heterocycles. The van der Waals surface area contributed by atoms with Gasteiger partial charge in [-0.3, -0.25) is 9.78 Å². The lowest BCUT2D eigenvalue weighted by Crippen LogP contribution is -2.17. The number of carbonyl (C=O) groups excluding carboxylic acids is 1. The number of halogens is 2. The highest BCUT2D eigenvalue weighted by atomic mass is 19.1. The van der Waals surface area contributed by atoms with Gasteiger partial charge >= 0.3 is 5.97 Å². The van der Waals surface area contributed by atoms with Crippen LogP contribution in [-0.4, -0.2) is 32.4 Å². The molecule has 3 aromatic rings. The Bertz CT molecular complexity index is 1040. The summed E-state index contributed by atoms with van der Waals surface area (Å²) in [5.41, 5.74) is 1.05. The van der Waals surface area contributed by atoms with E-state index in [2.05, 4.69) is 15.1 Å². The van der Waals surface area contributed by atoms with Crippen LogP contribution in [0.3, 0.4) is 0 Å². The first-order valence-corrected chi connectivity index (χ1v) is 8.60. The Hall–Kier alpha value is -3.36. The fourth-order valence-electron chi connectivity index (χ4n) is 2.66. The summed E-state index contributed by atoms with van der Waals surface area (Å²) in [6.45, 7) is 2.50. The van der Waals surface area contributed by atoms with Crippen LogP contribution in [0.25, 0.3) is 5.95 Å². The predicted molar refractivity (Wildman–Crippen MR) is 96.6 cm³/mol. The molecular weight excluding hydrogens is 370 g/mol. The van der Waals surface area contributed by atoms with Crippen LogP contribution in [0.15, 0.2) is 41.3 Å². The van der Waals surface area contributed by atoms with Crippen LogP contribution >= 0.6 is 0 Å². The second-order valence-electron chi connectivity index (χ2n) is 6.07. The number of hydrogen-bond acceptors (Lipinski definition) is 5. The van der Waals surface area contributed by atoms with E-state index in [4.69, 9.17) is 4.74 Å². The van der Waals surface area contributed by atoms with Crippen LogP contribution < -0.4 is 5.56 Å². The minimum absolute atomic E-state index is 0.102. The van der Waals surface area contributed by atoms with Gasteiger partial charge in [0.15, 0.2) is 6.10 Å². The summed E-state index contributed by atoms with van der Waals surface area (Å²) in [6, 6.07) is 6.42. The predicted octanol–water partition coefficient (Wildman–Crippen LogP) is 2.83. The highest BCUT2D eigenvalue weighted by Crippen LogP contribution is 2.22. The van der Waals surface area contributed by atoms with Gasteiger partial charge in [0.05, 0.1) is 11.9 Å². The number of carbonyl (C=O) groups is 1. The van der Waals surface area contributed by atoms with Crippen molar-refractivity contribution < 1.29 is 18.3 Å². The van der Waals surface area contributed by atoms with E-state index >= 15 is 0 Å². The van der Waals surface area contributed by atoms with Crippen molar-refractivity contribution in [1.29, 1.82) is 0 Å². The number of aromatic nitrogens is 4. The Kier molecular flexibility index (Phi) is 5.62. The smallest absolute Gasteiger partial charge is 0.342 e. The first-order valence-electron chi connectivity index (χ1n) is 8.60. The Balaban J connectivity index is 1.86. The van der Waals surface area contributed by atoms with E-state index in [0.717, 1.165) is 12.1 Å². The fourth-order valence-corrected chi connectivity index (χ4v) is 2.66. The van der Waals surface area contributed by atoms with E-state index in [1.165, 1.54) is 29.1 Å². The van der Waals surface area contributed by atoms with Gasteiger partial charge in [-0.1, -0.05) is 19.1 Å². The van der Waals surface area contributed by atoms with Crippen LogP contribution in [-0.2, 0) is 11.2 Å². The third-order valence-corrected chi connectivity index (χ3v) is 4.21. The second-order valence-corrected chi connectivity index (χ2v) is 6.07. The third kappa shape index (κ3) is 3.98.